The molecule has 0 saturated carbocycles. The Balaban J connectivity index is 1.45. The van der Waals surface area contributed by atoms with Gasteiger partial charge in [-0.25, -0.2) is 4.98 Å². The fraction of sp³-hybridized carbons (Fsp3) is 0.200. The topological polar surface area (TPSA) is 58.2 Å². The number of amides is 1. The van der Waals surface area contributed by atoms with E-state index in [0.717, 1.165) is 33.1 Å². The third-order valence-electron chi connectivity index (χ3n) is 4.86. The van der Waals surface area contributed by atoms with Crippen LogP contribution in [0, 0.1) is 0 Å². The van der Waals surface area contributed by atoms with Gasteiger partial charge in [0.1, 0.15) is 5.75 Å². The predicted octanol–water partition coefficient (Wildman–Crippen LogP) is 5.28. The van der Waals surface area contributed by atoms with Gasteiger partial charge in [-0.2, -0.15) is 0 Å². The lowest BCUT2D eigenvalue weighted by Crippen LogP contribution is -2.31. The van der Waals surface area contributed by atoms with Crippen LogP contribution in [0.3, 0.4) is 0 Å². The van der Waals surface area contributed by atoms with Crippen LogP contribution in [0.2, 0.25) is 0 Å². The van der Waals surface area contributed by atoms with E-state index < -0.39 is 0 Å². The number of H-pyrrole nitrogens is 1. The maximum Gasteiger partial charge on any atom is 0.233 e. The van der Waals surface area contributed by atoms with E-state index in [2.05, 4.69) is 9.97 Å². The van der Waals surface area contributed by atoms with Crippen LogP contribution >= 0.6 is 11.8 Å². The number of nitrogens with zero attached hydrogens (tertiary/aromatic N) is 2. The first-order chi connectivity index (χ1) is 15.2. The van der Waals surface area contributed by atoms with Crippen LogP contribution in [0.15, 0.2) is 84.0 Å². The molecule has 1 aromatic heterocycles. The summed E-state index contributed by atoms with van der Waals surface area (Å²) in [5.74, 6) is 1.20. The highest BCUT2D eigenvalue weighted by Crippen LogP contribution is 2.24. The minimum atomic E-state index is 0.0770. The van der Waals surface area contributed by atoms with Gasteiger partial charge in [-0.15, -0.1) is 0 Å². The molecule has 4 rings (SSSR count). The maximum atomic E-state index is 13.1. The molecule has 1 amide bonds. The van der Waals surface area contributed by atoms with Gasteiger partial charge in [0.05, 0.1) is 23.4 Å². The summed E-state index contributed by atoms with van der Waals surface area (Å²) in [5.41, 5.74) is 4.00. The van der Waals surface area contributed by atoms with Crippen molar-refractivity contribution < 1.29 is 9.53 Å². The Labute approximate surface area is 186 Å². The van der Waals surface area contributed by atoms with Crippen molar-refractivity contribution in [1.29, 1.82) is 0 Å². The number of carbonyl (C=O) groups is 1. The number of thioether (sulfide) groups is 1. The second kappa shape index (κ2) is 10.2. The number of hydrogen-bond acceptors (Lipinski definition) is 4. The van der Waals surface area contributed by atoms with Crippen LogP contribution in [-0.2, 0) is 17.9 Å². The fourth-order valence-electron chi connectivity index (χ4n) is 3.35. The number of hydrogen-bond donors (Lipinski definition) is 1. The summed E-state index contributed by atoms with van der Waals surface area (Å²) in [6, 6.07) is 26.0. The Bertz CT molecular complexity index is 1090. The Morgan fingerprint density at radius 1 is 0.968 bits per heavy atom. The number of carbonyl (C=O) groups excluding carboxylic acids is 1. The standard InChI is InChI=1S/C25H25N3O2S/c1-2-30-21-13-14-22-23(15-21)27-25(26-22)31-18-24(29)28(16-19-9-5-3-6-10-19)17-20-11-7-4-8-12-20/h3-15H,2,16-18H2,1H3,(H,26,27). The molecule has 0 fully saturated rings. The molecule has 0 spiro atoms. The summed E-state index contributed by atoms with van der Waals surface area (Å²) in [6.45, 7) is 3.73. The molecule has 0 saturated heterocycles. The second-order valence-corrected chi connectivity index (χ2v) is 8.13. The Morgan fingerprint density at radius 2 is 1.61 bits per heavy atom. The van der Waals surface area contributed by atoms with Crippen LogP contribution in [0.1, 0.15) is 18.1 Å². The first-order valence-electron chi connectivity index (χ1n) is 10.3. The van der Waals surface area contributed by atoms with Gasteiger partial charge in [0, 0.05) is 19.2 Å². The summed E-state index contributed by atoms with van der Waals surface area (Å²) in [5, 5.41) is 0.733. The van der Waals surface area contributed by atoms with Gasteiger partial charge in [0.2, 0.25) is 5.91 Å². The van der Waals surface area contributed by atoms with Crippen LogP contribution in [0.5, 0.6) is 5.75 Å². The van der Waals surface area contributed by atoms with Gasteiger partial charge in [0.15, 0.2) is 5.16 Å². The lowest BCUT2D eigenvalue weighted by Gasteiger charge is -2.23. The van der Waals surface area contributed by atoms with E-state index in [0.29, 0.717) is 25.4 Å². The van der Waals surface area contributed by atoms with Crippen LogP contribution in [0.25, 0.3) is 11.0 Å². The molecule has 0 atom stereocenters. The van der Waals surface area contributed by atoms with Crippen LogP contribution in [-0.4, -0.2) is 33.1 Å². The average molecular weight is 432 g/mol. The summed E-state index contributed by atoms with van der Waals surface area (Å²) < 4.78 is 5.55. The fourth-order valence-corrected chi connectivity index (χ4v) is 4.14. The number of benzene rings is 3. The molecule has 5 nitrogen and oxygen atoms in total. The molecule has 0 aliphatic heterocycles. The molecule has 6 heteroatoms. The van der Waals surface area contributed by atoms with Crippen molar-refractivity contribution in [2.45, 2.75) is 25.2 Å². The largest absolute Gasteiger partial charge is 0.494 e. The molecule has 31 heavy (non-hydrogen) atoms. The lowest BCUT2D eigenvalue weighted by molar-refractivity contribution is -0.129. The molecule has 1 N–H and O–H groups in total. The van der Waals surface area contributed by atoms with Crippen molar-refractivity contribution in [3.63, 3.8) is 0 Å². The van der Waals surface area contributed by atoms with E-state index in [-0.39, 0.29) is 5.91 Å². The zero-order chi connectivity index (χ0) is 21.5. The summed E-state index contributed by atoms with van der Waals surface area (Å²) in [6.07, 6.45) is 0. The van der Waals surface area contributed by atoms with Gasteiger partial charge >= 0.3 is 0 Å². The van der Waals surface area contributed by atoms with Crippen LogP contribution < -0.4 is 4.74 Å². The van der Waals surface area contributed by atoms with Gasteiger partial charge in [-0.1, -0.05) is 72.4 Å². The number of imidazole rings is 1. The number of nitrogens with one attached hydrogen (secondary N) is 1. The first kappa shape index (κ1) is 21.0. The molecular formula is C25H25N3O2S. The Kier molecular flexibility index (Phi) is 6.89. The number of rotatable bonds is 9. The van der Waals surface area contributed by atoms with E-state index in [1.165, 1.54) is 11.8 Å². The predicted molar refractivity (Wildman–Crippen MR) is 125 cm³/mol. The average Bonchev–Trinajstić information content (AvgIpc) is 3.21. The van der Waals surface area contributed by atoms with Crippen molar-refractivity contribution in [3.05, 3.63) is 90.0 Å². The van der Waals surface area contributed by atoms with E-state index in [9.17, 15) is 4.79 Å². The van der Waals surface area contributed by atoms with Gasteiger partial charge in [0.25, 0.3) is 0 Å². The normalized spacial score (nSPS) is 10.9. The second-order valence-electron chi connectivity index (χ2n) is 7.16. The SMILES string of the molecule is CCOc1ccc2nc(SCC(=O)N(Cc3ccccc3)Cc3ccccc3)[nH]c2c1. The maximum absolute atomic E-state index is 13.1. The van der Waals surface area contributed by atoms with Crippen molar-refractivity contribution in [2.75, 3.05) is 12.4 Å². The number of aromatic amines is 1. The number of ether oxygens (including phenoxy) is 1. The van der Waals surface area contributed by atoms with Crippen LogP contribution in [0.4, 0.5) is 0 Å². The molecule has 0 aliphatic carbocycles. The molecule has 0 bridgehead atoms. The molecule has 1 heterocycles. The zero-order valence-electron chi connectivity index (χ0n) is 17.5. The van der Waals surface area contributed by atoms with Gasteiger partial charge < -0.3 is 14.6 Å². The van der Waals surface area contributed by atoms with E-state index in [4.69, 9.17) is 4.74 Å². The third kappa shape index (κ3) is 5.67. The minimum Gasteiger partial charge on any atom is -0.494 e. The summed E-state index contributed by atoms with van der Waals surface area (Å²) in [7, 11) is 0. The molecule has 3 aromatic carbocycles. The smallest absolute Gasteiger partial charge is 0.233 e. The third-order valence-corrected chi connectivity index (χ3v) is 5.72. The van der Waals surface area contributed by atoms with Crippen molar-refractivity contribution in [3.8, 4) is 5.75 Å². The van der Waals surface area contributed by atoms with E-state index >= 15 is 0 Å². The highest BCUT2D eigenvalue weighted by Gasteiger charge is 2.16. The Hall–Kier alpha value is -3.25. The van der Waals surface area contributed by atoms with E-state index in [1.54, 1.807) is 0 Å². The lowest BCUT2D eigenvalue weighted by atomic mass is 10.1. The van der Waals surface area contributed by atoms with Crippen molar-refractivity contribution >= 4 is 28.7 Å². The molecule has 0 unspecified atom stereocenters. The number of aromatic nitrogens is 2. The monoisotopic (exact) mass is 431 g/mol. The first-order valence-corrected chi connectivity index (χ1v) is 11.3. The quantitative estimate of drug-likeness (QED) is 0.366. The zero-order valence-corrected chi connectivity index (χ0v) is 18.3. The highest BCUT2D eigenvalue weighted by atomic mass is 32.2. The Morgan fingerprint density at radius 3 is 2.23 bits per heavy atom. The molecule has 4 aromatic rings. The van der Waals surface area contributed by atoms with Gasteiger partial charge in [-0.3, -0.25) is 4.79 Å². The molecule has 0 aliphatic rings. The summed E-state index contributed by atoms with van der Waals surface area (Å²) >= 11 is 1.42. The molecular weight excluding hydrogens is 406 g/mol. The van der Waals surface area contributed by atoms with Gasteiger partial charge in [-0.05, 0) is 30.2 Å². The number of fused-ring (bicyclic) bond motifs is 1. The highest BCUT2D eigenvalue weighted by molar-refractivity contribution is 7.99. The van der Waals surface area contributed by atoms with Crippen molar-refractivity contribution in [2.24, 2.45) is 0 Å². The molecule has 0 radical (unpaired) electrons. The van der Waals surface area contributed by atoms with E-state index in [1.807, 2.05) is 90.7 Å². The van der Waals surface area contributed by atoms with Crippen molar-refractivity contribution in [1.82, 2.24) is 14.9 Å². The minimum absolute atomic E-state index is 0.0770. The molecule has 158 valence electrons. The summed E-state index contributed by atoms with van der Waals surface area (Å²) in [4.78, 5) is 22.9.